The number of nitrogens with one attached hydrogen (secondary N) is 1. The Labute approximate surface area is 113 Å². The Morgan fingerprint density at radius 2 is 1.65 bits per heavy atom. The van der Waals surface area contributed by atoms with Crippen LogP contribution in [0.15, 0.2) is 30.3 Å². The Morgan fingerprint density at radius 3 is 2.45 bits per heavy atom. The molecule has 1 N–H and O–H groups in total. The Hall–Kier alpha value is -2.04. The summed E-state index contributed by atoms with van der Waals surface area (Å²) in [5, 5.41) is 2.85. The molecule has 0 aliphatic heterocycles. The van der Waals surface area contributed by atoms with Crippen molar-refractivity contribution in [1.29, 1.82) is 0 Å². The minimum absolute atomic E-state index is 0.0916. The second kappa shape index (κ2) is 4.81. The van der Waals surface area contributed by atoms with E-state index in [4.69, 9.17) is 0 Å². The van der Waals surface area contributed by atoms with Crippen LogP contribution in [-0.2, 0) is 6.42 Å². The first kappa shape index (κ1) is 13.0. The van der Waals surface area contributed by atoms with E-state index in [0.717, 1.165) is 17.2 Å². The Balaban J connectivity index is 1.89. The zero-order chi connectivity index (χ0) is 14.3. The fourth-order valence-corrected chi connectivity index (χ4v) is 2.56. The summed E-state index contributed by atoms with van der Waals surface area (Å²) >= 11 is 0. The highest BCUT2D eigenvalue weighted by atomic mass is 19.2. The molecule has 5 heteroatoms. The Morgan fingerprint density at radius 1 is 0.900 bits per heavy atom. The molecule has 0 heterocycles. The number of anilines is 1. The maximum Gasteiger partial charge on any atom is 0.161 e. The van der Waals surface area contributed by atoms with E-state index in [2.05, 4.69) is 5.32 Å². The van der Waals surface area contributed by atoms with E-state index in [9.17, 15) is 17.6 Å². The van der Waals surface area contributed by atoms with Gasteiger partial charge in [0.05, 0.1) is 11.7 Å². The van der Waals surface area contributed by atoms with Gasteiger partial charge in [0.1, 0.15) is 11.6 Å². The molecular formula is C15H11F4N. The second-order valence-electron chi connectivity index (χ2n) is 4.82. The van der Waals surface area contributed by atoms with Gasteiger partial charge in [-0.3, -0.25) is 0 Å². The Kier molecular flexibility index (Phi) is 3.12. The molecule has 1 aliphatic rings. The predicted molar refractivity (Wildman–Crippen MR) is 67.4 cm³/mol. The minimum atomic E-state index is -1.22. The molecular weight excluding hydrogens is 270 g/mol. The summed E-state index contributed by atoms with van der Waals surface area (Å²) in [7, 11) is 0. The molecule has 2 aromatic carbocycles. The average Bonchev–Trinajstić information content (AvgIpc) is 2.78. The van der Waals surface area contributed by atoms with Crippen LogP contribution in [0.4, 0.5) is 23.2 Å². The quantitative estimate of drug-likeness (QED) is 0.637. The third kappa shape index (κ3) is 2.24. The van der Waals surface area contributed by atoms with Crippen LogP contribution < -0.4 is 5.32 Å². The molecule has 0 amide bonds. The van der Waals surface area contributed by atoms with Crippen LogP contribution in [0.2, 0.25) is 0 Å². The first-order valence-corrected chi connectivity index (χ1v) is 6.24. The minimum Gasteiger partial charge on any atom is -0.376 e. The third-order valence-electron chi connectivity index (χ3n) is 3.52. The van der Waals surface area contributed by atoms with Gasteiger partial charge in [0, 0.05) is 12.1 Å². The third-order valence-corrected chi connectivity index (χ3v) is 3.52. The SMILES string of the molecule is Fc1ccc2c(c1)CCC2Nc1cc(F)c(F)cc1F. The molecule has 0 radical (unpaired) electrons. The summed E-state index contributed by atoms with van der Waals surface area (Å²) in [6, 6.07) is 5.49. The second-order valence-corrected chi connectivity index (χ2v) is 4.82. The van der Waals surface area contributed by atoms with Crippen LogP contribution in [0.25, 0.3) is 0 Å². The molecule has 0 bridgehead atoms. The van der Waals surface area contributed by atoms with Crippen LogP contribution in [0.1, 0.15) is 23.6 Å². The lowest BCUT2D eigenvalue weighted by atomic mass is 10.1. The van der Waals surface area contributed by atoms with Gasteiger partial charge in [0.15, 0.2) is 11.6 Å². The van der Waals surface area contributed by atoms with E-state index < -0.39 is 17.5 Å². The van der Waals surface area contributed by atoms with Crippen molar-refractivity contribution in [1.82, 2.24) is 0 Å². The first-order valence-electron chi connectivity index (χ1n) is 6.24. The van der Waals surface area contributed by atoms with Crippen molar-refractivity contribution in [3.63, 3.8) is 0 Å². The van der Waals surface area contributed by atoms with Crippen LogP contribution in [0, 0.1) is 23.3 Å². The predicted octanol–water partition coefficient (Wildman–Crippen LogP) is 4.34. The Bertz CT molecular complexity index is 669. The maximum absolute atomic E-state index is 13.6. The van der Waals surface area contributed by atoms with E-state index in [1.165, 1.54) is 12.1 Å². The van der Waals surface area contributed by atoms with Crippen LogP contribution in [-0.4, -0.2) is 0 Å². The van der Waals surface area contributed by atoms with Crippen LogP contribution in [0.3, 0.4) is 0 Å². The zero-order valence-corrected chi connectivity index (χ0v) is 10.4. The highest BCUT2D eigenvalue weighted by Crippen LogP contribution is 2.35. The van der Waals surface area contributed by atoms with Crippen LogP contribution in [0.5, 0.6) is 0 Å². The fraction of sp³-hybridized carbons (Fsp3) is 0.200. The van der Waals surface area contributed by atoms with E-state index in [-0.39, 0.29) is 17.5 Å². The fourth-order valence-electron chi connectivity index (χ4n) is 2.56. The molecule has 1 atom stereocenters. The standard InChI is InChI=1S/C15H11F4N/c16-9-2-3-10-8(5-9)1-4-14(10)20-15-7-12(18)11(17)6-13(15)19/h2-3,5-7,14,20H,1,4H2. The van der Waals surface area contributed by atoms with Gasteiger partial charge in [0.2, 0.25) is 0 Å². The topological polar surface area (TPSA) is 12.0 Å². The molecule has 104 valence electrons. The van der Waals surface area contributed by atoms with Crippen molar-refractivity contribution >= 4 is 5.69 Å². The summed E-state index contributed by atoms with van der Waals surface area (Å²) in [4.78, 5) is 0. The maximum atomic E-state index is 13.6. The van der Waals surface area contributed by atoms with E-state index in [0.29, 0.717) is 18.9 Å². The smallest absolute Gasteiger partial charge is 0.161 e. The van der Waals surface area contributed by atoms with Crippen molar-refractivity contribution in [2.75, 3.05) is 5.32 Å². The molecule has 0 saturated heterocycles. The normalized spacial score (nSPS) is 17.1. The molecule has 1 aliphatic carbocycles. The van der Waals surface area contributed by atoms with Crippen molar-refractivity contribution in [3.05, 3.63) is 64.7 Å². The largest absolute Gasteiger partial charge is 0.376 e. The van der Waals surface area contributed by atoms with Crippen molar-refractivity contribution in [2.24, 2.45) is 0 Å². The first-order chi connectivity index (χ1) is 9.54. The lowest BCUT2D eigenvalue weighted by Gasteiger charge is -2.16. The van der Waals surface area contributed by atoms with Gasteiger partial charge >= 0.3 is 0 Å². The summed E-state index contributed by atoms with van der Waals surface area (Å²) in [5.74, 6) is -3.49. The van der Waals surface area contributed by atoms with Crippen LogP contribution >= 0.6 is 0 Å². The number of aryl methyl sites for hydroxylation is 1. The van der Waals surface area contributed by atoms with E-state index in [1.807, 2.05) is 0 Å². The number of halogens is 4. The lowest BCUT2D eigenvalue weighted by molar-refractivity contribution is 0.495. The monoisotopic (exact) mass is 281 g/mol. The molecule has 1 unspecified atom stereocenters. The number of hydrogen-bond acceptors (Lipinski definition) is 1. The molecule has 20 heavy (non-hydrogen) atoms. The van der Waals surface area contributed by atoms with Crippen molar-refractivity contribution in [3.8, 4) is 0 Å². The number of fused-ring (bicyclic) bond motifs is 1. The van der Waals surface area contributed by atoms with Gasteiger partial charge in [-0.15, -0.1) is 0 Å². The lowest BCUT2D eigenvalue weighted by Crippen LogP contribution is -2.09. The summed E-state index contributed by atoms with van der Waals surface area (Å²) in [6.45, 7) is 0. The molecule has 1 nitrogen and oxygen atoms in total. The van der Waals surface area contributed by atoms with Gasteiger partial charge < -0.3 is 5.32 Å². The van der Waals surface area contributed by atoms with E-state index >= 15 is 0 Å². The molecule has 0 aromatic heterocycles. The van der Waals surface area contributed by atoms with Gasteiger partial charge in [-0.05, 0) is 36.1 Å². The van der Waals surface area contributed by atoms with Gasteiger partial charge in [-0.2, -0.15) is 0 Å². The van der Waals surface area contributed by atoms with Crippen molar-refractivity contribution in [2.45, 2.75) is 18.9 Å². The molecule has 3 rings (SSSR count). The summed E-state index contributed by atoms with van der Waals surface area (Å²) in [6.07, 6.45) is 1.31. The average molecular weight is 281 g/mol. The number of hydrogen-bond donors (Lipinski definition) is 1. The molecule has 0 spiro atoms. The van der Waals surface area contributed by atoms with E-state index in [1.54, 1.807) is 6.07 Å². The number of rotatable bonds is 2. The highest BCUT2D eigenvalue weighted by Gasteiger charge is 2.24. The number of benzene rings is 2. The van der Waals surface area contributed by atoms with Gasteiger partial charge in [0.25, 0.3) is 0 Å². The summed E-state index contributed by atoms with van der Waals surface area (Å²) in [5.41, 5.74) is 1.62. The summed E-state index contributed by atoms with van der Waals surface area (Å²) < 4.78 is 52.7. The van der Waals surface area contributed by atoms with Gasteiger partial charge in [-0.1, -0.05) is 6.07 Å². The highest BCUT2D eigenvalue weighted by molar-refractivity contribution is 5.49. The molecule has 0 fully saturated rings. The zero-order valence-electron chi connectivity index (χ0n) is 10.4. The van der Waals surface area contributed by atoms with Gasteiger partial charge in [-0.25, -0.2) is 17.6 Å². The van der Waals surface area contributed by atoms with Crippen molar-refractivity contribution < 1.29 is 17.6 Å². The molecule has 0 saturated carbocycles. The molecule has 2 aromatic rings.